The molecule has 2 aromatic rings. The summed E-state index contributed by atoms with van der Waals surface area (Å²) >= 11 is 0. The third kappa shape index (κ3) is 0.856. The van der Waals surface area contributed by atoms with Crippen molar-refractivity contribution >= 4 is 11.6 Å². The van der Waals surface area contributed by atoms with Crippen LogP contribution < -0.4 is 4.57 Å². The number of aromatic nitrogens is 3. The Bertz CT molecular complexity index is 625. The minimum absolute atomic E-state index is 0.279. The van der Waals surface area contributed by atoms with Gasteiger partial charge >= 0.3 is 12.1 Å². The van der Waals surface area contributed by atoms with Crippen molar-refractivity contribution in [1.29, 1.82) is 0 Å². The Hall–Kier alpha value is -2.04. The molecule has 16 heavy (non-hydrogen) atoms. The van der Waals surface area contributed by atoms with E-state index in [1.54, 1.807) is 4.68 Å². The van der Waals surface area contributed by atoms with E-state index in [4.69, 9.17) is 0 Å². The summed E-state index contributed by atoms with van der Waals surface area (Å²) < 4.78 is 6.00. The number of hydrogen-bond donors (Lipinski definition) is 0. The Morgan fingerprint density at radius 3 is 3.19 bits per heavy atom. The third-order valence-corrected chi connectivity index (χ3v) is 3.21. The highest BCUT2D eigenvalue weighted by molar-refractivity contribution is 5.42. The lowest BCUT2D eigenvalue weighted by Gasteiger charge is -1.92. The smallest absolute Gasteiger partial charge is 0.154 e. The average Bonchev–Trinajstić information content (AvgIpc) is 2.87. The zero-order valence-electron chi connectivity index (χ0n) is 8.91. The highest BCUT2D eigenvalue weighted by Gasteiger charge is 2.49. The number of rotatable bonds is 0. The Morgan fingerprint density at radius 2 is 2.25 bits per heavy atom. The second-order valence-corrected chi connectivity index (χ2v) is 4.25. The molecule has 2 aliphatic rings. The summed E-state index contributed by atoms with van der Waals surface area (Å²) in [6.45, 7) is 0. The predicted molar refractivity (Wildman–Crippen MR) is 54.6 cm³/mol. The summed E-state index contributed by atoms with van der Waals surface area (Å²) in [5.41, 5.74) is 2.57. The molecule has 0 amide bonds. The number of fused-ring (bicyclic) bond motifs is 5. The van der Waals surface area contributed by atoms with Crippen molar-refractivity contribution in [2.45, 2.75) is 12.6 Å². The quantitative estimate of drug-likeness (QED) is 0.606. The molecule has 0 aliphatic carbocycles. The number of aryl methyl sites for hydroxylation is 1. The highest BCUT2D eigenvalue weighted by atomic mass is 15.6. The fraction of sp³-hybridized carbons (Fsp3) is 0.273. The van der Waals surface area contributed by atoms with Gasteiger partial charge in [-0.2, -0.15) is 4.57 Å². The van der Waals surface area contributed by atoms with Crippen molar-refractivity contribution in [1.82, 2.24) is 9.78 Å². The van der Waals surface area contributed by atoms with Gasteiger partial charge in [-0.25, -0.2) is 0 Å². The second kappa shape index (κ2) is 2.55. The molecule has 2 aliphatic heterocycles. The Kier molecular flexibility index (Phi) is 1.30. The molecule has 3 heterocycles. The predicted octanol–water partition coefficient (Wildman–Crippen LogP) is 1.20. The monoisotopic (exact) mass is 213 g/mol. The maximum absolute atomic E-state index is 4.54. The number of azo groups is 2. The lowest BCUT2D eigenvalue weighted by molar-refractivity contribution is -0.835. The Morgan fingerprint density at radius 1 is 1.38 bits per heavy atom. The SMILES string of the molecule is Cn1c[n+]2c(n1)N=[N+]1c3ccccc3CC12. The standard InChI is InChI=1S/C11H11N5/c1-14-7-15-10-6-8-4-2-3-5-9(8)16(10)13-11(15)12-14/h2-5,7,10H,6H2,1H3/q+2. The number of nitrogens with zero attached hydrogens (tertiary/aromatic N) is 5. The van der Waals surface area contributed by atoms with E-state index in [2.05, 4.69) is 43.7 Å². The molecule has 1 aromatic carbocycles. The van der Waals surface area contributed by atoms with Crippen LogP contribution in [0.5, 0.6) is 0 Å². The van der Waals surface area contributed by atoms with Gasteiger partial charge in [0, 0.05) is 21.4 Å². The van der Waals surface area contributed by atoms with Crippen LogP contribution in [0.4, 0.5) is 11.6 Å². The highest BCUT2D eigenvalue weighted by Crippen LogP contribution is 2.37. The van der Waals surface area contributed by atoms with Gasteiger partial charge < -0.3 is 0 Å². The van der Waals surface area contributed by atoms with Gasteiger partial charge in [0.1, 0.15) is 0 Å². The fourth-order valence-corrected chi connectivity index (χ4v) is 2.52. The van der Waals surface area contributed by atoms with Gasteiger partial charge in [0.05, 0.1) is 13.5 Å². The summed E-state index contributed by atoms with van der Waals surface area (Å²) in [5.74, 6) is 0.794. The molecule has 0 radical (unpaired) electrons. The van der Waals surface area contributed by atoms with Crippen LogP contribution in [-0.2, 0) is 13.5 Å². The largest absolute Gasteiger partial charge is 0.484 e. The summed E-state index contributed by atoms with van der Waals surface area (Å²) in [5, 5.41) is 8.86. The molecule has 78 valence electrons. The molecule has 0 N–H and O–H groups in total. The van der Waals surface area contributed by atoms with Crippen LogP contribution in [0.2, 0.25) is 0 Å². The van der Waals surface area contributed by atoms with Gasteiger partial charge in [-0.3, -0.25) is 0 Å². The van der Waals surface area contributed by atoms with E-state index in [0.717, 1.165) is 12.4 Å². The van der Waals surface area contributed by atoms with E-state index in [0.29, 0.717) is 0 Å². The van der Waals surface area contributed by atoms with E-state index >= 15 is 0 Å². The van der Waals surface area contributed by atoms with E-state index < -0.39 is 0 Å². The van der Waals surface area contributed by atoms with Crippen LogP contribution >= 0.6 is 0 Å². The van der Waals surface area contributed by atoms with Crippen molar-refractivity contribution < 1.29 is 9.26 Å². The summed E-state index contributed by atoms with van der Waals surface area (Å²) in [6.07, 6.45) is 3.28. The first-order valence-electron chi connectivity index (χ1n) is 5.36. The van der Waals surface area contributed by atoms with Crippen molar-refractivity contribution in [3.05, 3.63) is 36.2 Å². The summed E-state index contributed by atoms with van der Waals surface area (Å²) in [4.78, 5) is 0. The van der Waals surface area contributed by atoms with Gasteiger partial charge in [0.15, 0.2) is 11.4 Å². The molecule has 0 saturated carbocycles. The van der Waals surface area contributed by atoms with E-state index in [9.17, 15) is 0 Å². The normalized spacial score (nSPS) is 20.3. The summed E-state index contributed by atoms with van der Waals surface area (Å²) in [7, 11) is 1.92. The topological polar surface area (TPSA) is 37.1 Å². The van der Waals surface area contributed by atoms with E-state index in [-0.39, 0.29) is 6.17 Å². The maximum atomic E-state index is 4.54. The lowest BCUT2D eigenvalue weighted by atomic mass is 10.1. The molecule has 0 bridgehead atoms. The third-order valence-electron chi connectivity index (χ3n) is 3.21. The number of para-hydroxylation sites is 1. The van der Waals surface area contributed by atoms with Gasteiger partial charge in [0.2, 0.25) is 5.69 Å². The first kappa shape index (κ1) is 8.15. The van der Waals surface area contributed by atoms with Crippen molar-refractivity contribution in [3.8, 4) is 0 Å². The van der Waals surface area contributed by atoms with Gasteiger partial charge in [-0.05, 0) is 0 Å². The molecule has 5 heteroatoms. The lowest BCUT2D eigenvalue weighted by Crippen LogP contribution is -2.38. The second-order valence-electron chi connectivity index (χ2n) is 4.25. The van der Waals surface area contributed by atoms with Crippen molar-refractivity contribution in [2.24, 2.45) is 12.2 Å². The molecule has 5 nitrogen and oxygen atoms in total. The molecule has 4 rings (SSSR count). The fourth-order valence-electron chi connectivity index (χ4n) is 2.52. The van der Waals surface area contributed by atoms with E-state index in [1.165, 1.54) is 11.3 Å². The molecule has 0 saturated heterocycles. The Labute approximate surface area is 92.3 Å². The average molecular weight is 213 g/mol. The molecule has 0 spiro atoms. The molecular formula is C11H11N5+2. The van der Waals surface area contributed by atoms with Gasteiger partial charge in [-0.1, -0.05) is 18.2 Å². The maximum Gasteiger partial charge on any atom is 0.484 e. The summed E-state index contributed by atoms with van der Waals surface area (Å²) in [6, 6.07) is 8.42. The molecule has 1 atom stereocenters. The van der Waals surface area contributed by atoms with E-state index in [1.807, 2.05) is 13.4 Å². The zero-order chi connectivity index (χ0) is 10.7. The molecule has 0 fully saturated rings. The minimum Gasteiger partial charge on any atom is -0.154 e. The first-order chi connectivity index (χ1) is 7.83. The molecule has 1 aromatic heterocycles. The van der Waals surface area contributed by atoms with Crippen molar-refractivity contribution in [3.63, 3.8) is 0 Å². The van der Waals surface area contributed by atoms with Crippen LogP contribution in [0.1, 0.15) is 11.7 Å². The van der Waals surface area contributed by atoms with Crippen LogP contribution in [0, 0.1) is 0 Å². The Balaban J connectivity index is 1.94. The minimum atomic E-state index is 0.279. The molecular weight excluding hydrogens is 202 g/mol. The van der Waals surface area contributed by atoms with Crippen LogP contribution in [0.3, 0.4) is 0 Å². The van der Waals surface area contributed by atoms with Crippen molar-refractivity contribution in [2.75, 3.05) is 0 Å². The zero-order valence-corrected chi connectivity index (χ0v) is 8.91. The first-order valence-corrected chi connectivity index (χ1v) is 5.36. The van der Waals surface area contributed by atoms with Crippen LogP contribution in [-0.4, -0.2) is 14.5 Å². The molecule has 1 unspecified atom stereocenters. The van der Waals surface area contributed by atoms with Gasteiger partial charge in [0.25, 0.3) is 0 Å². The number of benzene rings is 1. The number of hydrogen-bond acceptors (Lipinski definition) is 2. The van der Waals surface area contributed by atoms with Crippen LogP contribution in [0.15, 0.2) is 35.7 Å². The van der Waals surface area contributed by atoms with Crippen LogP contribution in [0.25, 0.3) is 0 Å². The van der Waals surface area contributed by atoms with Gasteiger partial charge in [-0.15, -0.1) is 4.68 Å².